The first-order valence-electron chi connectivity index (χ1n) is 42.0. The van der Waals surface area contributed by atoms with Gasteiger partial charge in [0.2, 0.25) is 11.8 Å². The van der Waals surface area contributed by atoms with Crippen molar-refractivity contribution >= 4 is 69.1 Å². The average Bonchev–Trinajstić information content (AvgIpc) is 1.64. The fraction of sp³-hybridized carbons (Fsp3) is 0.274. The number of rotatable bonds is 36. The van der Waals surface area contributed by atoms with Crippen LogP contribution in [0, 0.1) is 41.5 Å². The maximum Gasteiger partial charge on any atom is 0.573 e. The number of carbonyl (C=O) groups is 5. The van der Waals surface area contributed by atoms with Crippen molar-refractivity contribution in [1.29, 1.82) is 0 Å². The van der Waals surface area contributed by atoms with Gasteiger partial charge in [0, 0.05) is 98.6 Å². The van der Waals surface area contributed by atoms with Gasteiger partial charge in [0.25, 0.3) is 0 Å². The lowest BCUT2D eigenvalue weighted by Gasteiger charge is -2.15. The van der Waals surface area contributed by atoms with Crippen LogP contribution >= 0.6 is 15.9 Å². The molecule has 0 radical (unpaired) electrons. The predicted molar refractivity (Wildman–Crippen MR) is 498 cm³/mol. The highest BCUT2D eigenvalue weighted by molar-refractivity contribution is 9.10. The summed E-state index contributed by atoms with van der Waals surface area (Å²) in [4.78, 5) is 71.6. The minimum atomic E-state index is -4.87. The Morgan fingerprint density at radius 2 is 0.852 bits per heavy atom. The number of aryl methyl sites for hydroxylation is 2. The molecule has 0 spiro atoms. The molecule has 8 amide bonds. The molecule has 712 valence electrons. The van der Waals surface area contributed by atoms with Crippen LogP contribution in [0.4, 0.5) is 64.4 Å². The topological polar surface area (TPSA) is 413 Å². The standard InChI is InChI=1S/C26H26F2N6O4.C24H30N4O5.C23H28N4O4.C22H20BrF3N4O3/c1-16-22(19-13-30-26(37-3)31-14-19)33-34(20-7-5-4-6-8-20)23(16)32-25(35)29-12-18-11-17(15-36-2)9-10-21(18)38-24(27)28;1-16-9-10-18(14-32-3)11-19(16)12-25-24(31)26-22-17(2)23(33-15-21(30)13-29)27-28(22)20-7-5-4-6-8-20;1-16-9-10-18(15-30-3)13-19(16)14-24-23(29)25-21-17(2)22(31-12-11-28)26-27(21)20-7-5-4-6-8-20;1-3-17(31)19-13(2)20(30(29-19)16-7-5-4-6-8-16)28-21(32)27-12-14-11-15(23)9-10-18(14)33-22(24,25)26/h4-11,13-14,24H,12,15H2,1-3H3,(H2,29,32,35);4-11,21,29-30H,12-15H2,1-3H3,(H2,25,26,31);4-10,13,28H,11-12,14-15H2,1-3H3,(H2,24,25,29);4-11H,3,12H2,1-2H3,(H2,27,28,32)/t;21-;;/m.1../s1. The Balaban J connectivity index is 0.000000187. The van der Waals surface area contributed by atoms with Crippen molar-refractivity contribution in [2.75, 3.05) is 76.1 Å². The molecule has 5 heterocycles. The molecular weight excluding hydrogens is 1820 g/mol. The van der Waals surface area contributed by atoms with Crippen LogP contribution in [0.3, 0.4) is 0 Å². The number of alkyl halides is 5. The van der Waals surface area contributed by atoms with Gasteiger partial charge in [-0.15, -0.1) is 23.4 Å². The third kappa shape index (κ3) is 29.4. The summed E-state index contributed by atoms with van der Waals surface area (Å²) in [5, 5.41) is 67.9. The summed E-state index contributed by atoms with van der Waals surface area (Å²) in [7, 11) is 6.30. The van der Waals surface area contributed by atoms with E-state index in [9.17, 15) is 51.0 Å². The lowest BCUT2D eigenvalue weighted by molar-refractivity contribution is -0.274. The highest BCUT2D eigenvalue weighted by Crippen LogP contribution is 2.35. The molecule has 8 aromatic carbocycles. The van der Waals surface area contributed by atoms with Gasteiger partial charge in [0.15, 0.2) is 5.78 Å². The summed E-state index contributed by atoms with van der Waals surface area (Å²) in [6.45, 7) is 10.9. The number of anilines is 4. The largest absolute Gasteiger partial charge is 0.573 e. The van der Waals surface area contributed by atoms with Crippen molar-refractivity contribution in [3.8, 4) is 63.3 Å². The van der Waals surface area contributed by atoms with Crippen molar-refractivity contribution in [1.82, 2.24) is 70.4 Å². The van der Waals surface area contributed by atoms with Crippen LogP contribution in [0.2, 0.25) is 0 Å². The van der Waals surface area contributed by atoms with Gasteiger partial charge in [0.1, 0.15) is 65.5 Å². The second-order valence-corrected chi connectivity index (χ2v) is 30.7. The van der Waals surface area contributed by atoms with Gasteiger partial charge in [-0.2, -0.15) is 19.0 Å². The molecule has 0 unspecified atom stereocenters. The number of urea groups is 4. The Bertz CT molecular complexity index is 6100. The van der Waals surface area contributed by atoms with Crippen LogP contribution in [-0.2, 0) is 60.2 Å². The molecule has 0 bridgehead atoms. The van der Waals surface area contributed by atoms with Gasteiger partial charge in [-0.05, 0) is 159 Å². The summed E-state index contributed by atoms with van der Waals surface area (Å²) in [5.41, 5.74) is 14.2. The fourth-order valence-corrected chi connectivity index (χ4v) is 13.7. The number of halogens is 6. The molecule has 135 heavy (non-hydrogen) atoms. The van der Waals surface area contributed by atoms with Crippen molar-refractivity contribution in [3.05, 3.63) is 289 Å². The van der Waals surface area contributed by atoms with E-state index in [4.69, 9.17) is 43.7 Å². The van der Waals surface area contributed by atoms with E-state index in [1.54, 1.807) is 97.8 Å². The molecule has 0 fully saturated rings. The number of carbonyl (C=O) groups excluding carboxylic acids is 5. The number of nitrogens with zero attached hydrogens (tertiary/aromatic N) is 10. The number of para-hydroxylation sites is 4. The second kappa shape index (κ2) is 50.3. The van der Waals surface area contributed by atoms with Gasteiger partial charge in [-0.25, -0.2) is 47.9 Å². The smallest absolute Gasteiger partial charge is 0.474 e. The number of ether oxygens (including phenoxy) is 8. The van der Waals surface area contributed by atoms with Crippen LogP contribution < -0.4 is 66.2 Å². The van der Waals surface area contributed by atoms with E-state index in [-0.39, 0.29) is 92.5 Å². The van der Waals surface area contributed by atoms with E-state index < -0.39 is 49.5 Å². The molecule has 0 saturated heterocycles. The number of Topliss-reactive ketones (excluding diaryl/α,β-unsaturated/α-hetero) is 1. The maximum atomic E-state index is 13.0. The molecule has 0 aliphatic rings. The van der Waals surface area contributed by atoms with Gasteiger partial charge in [-0.1, -0.05) is 138 Å². The van der Waals surface area contributed by atoms with Gasteiger partial charge in [-0.3, -0.25) is 26.1 Å². The van der Waals surface area contributed by atoms with E-state index in [2.05, 4.69) is 93.2 Å². The second-order valence-electron chi connectivity index (χ2n) is 29.8. The Morgan fingerprint density at radius 3 is 1.26 bits per heavy atom. The maximum absolute atomic E-state index is 13.0. The number of benzene rings is 8. The molecule has 34 nitrogen and oxygen atoms in total. The molecular formula is C95H104BrF5N18O16. The molecule has 0 aliphatic heterocycles. The molecule has 0 saturated carbocycles. The van der Waals surface area contributed by atoms with E-state index >= 15 is 0 Å². The number of aromatic nitrogens is 10. The van der Waals surface area contributed by atoms with E-state index in [1.807, 2.05) is 161 Å². The van der Waals surface area contributed by atoms with Crippen LogP contribution in [-0.4, -0.2) is 168 Å². The van der Waals surface area contributed by atoms with Gasteiger partial charge >= 0.3 is 43.1 Å². The Hall–Kier alpha value is -14.7. The first-order valence-corrected chi connectivity index (χ1v) is 42.8. The SMILES string of the molecule is CCC(=O)c1nn(-c2ccccc2)c(NC(=O)NCc2cc(Br)ccc2OC(F)(F)F)c1C.COCc1ccc(C)c(CNC(=O)Nc2c(C)c(OCCO)nn2-c2ccccc2)c1.COCc1ccc(C)c(CNC(=O)Nc2c(C)c(OC[C@H](O)CO)nn2-c2ccccc2)c1.COCc1ccc(OC(F)F)c(CNC(=O)Nc2c(C)c(-c3cnc(OC)nc3)nn2-c2ccccc2)c1. The Labute approximate surface area is 783 Å². The van der Waals surface area contributed by atoms with E-state index in [0.717, 1.165) is 56.4 Å². The first kappa shape index (κ1) is 102. The molecule has 40 heteroatoms. The zero-order chi connectivity index (χ0) is 97.3. The number of ketones is 1. The number of hydrogen-bond donors (Lipinski definition) is 11. The van der Waals surface area contributed by atoms with Crippen LogP contribution in [0.25, 0.3) is 34.0 Å². The molecule has 11 N–H and O–H groups in total. The number of nitrogens with one attached hydrogen (secondary N) is 8. The first-order chi connectivity index (χ1) is 64.9. The molecule has 13 rings (SSSR count). The normalized spacial score (nSPS) is 11.1. The highest BCUT2D eigenvalue weighted by atomic mass is 79.9. The highest BCUT2D eigenvalue weighted by Gasteiger charge is 2.33. The summed E-state index contributed by atoms with van der Waals surface area (Å²) in [6, 6.07) is 55.9. The minimum absolute atomic E-state index is 0.0348. The Morgan fingerprint density at radius 1 is 0.467 bits per heavy atom. The number of methoxy groups -OCH3 is 4. The summed E-state index contributed by atoms with van der Waals surface area (Å²) in [5.74, 6) is 1.60. The van der Waals surface area contributed by atoms with Crippen molar-refractivity contribution < 1.29 is 99.1 Å². The zero-order valence-corrected chi connectivity index (χ0v) is 77.2. The van der Waals surface area contributed by atoms with E-state index in [0.29, 0.717) is 105 Å². The van der Waals surface area contributed by atoms with Gasteiger partial charge in [0.05, 0.1) is 74.0 Å². The minimum Gasteiger partial charge on any atom is -0.474 e. The van der Waals surface area contributed by atoms with E-state index in [1.165, 1.54) is 37.1 Å². The number of aliphatic hydroxyl groups excluding tert-OH is 3. The lowest BCUT2D eigenvalue weighted by atomic mass is 10.1. The monoisotopic (exact) mass is 1930 g/mol. The Kier molecular flexibility index (Phi) is 38.1. The molecule has 5 aromatic heterocycles. The fourth-order valence-electron chi connectivity index (χ4n) is 13.3. The number of aliphatic hydroxyl groups is 3. The zero-order valence-electron chi connectivity index (χ0n) is 75.7. The van der Waals surface area contributed by atoms with Gasteiger partial charge < -0.3 is 74.5 Å². The molecule has 0 aliphatic carbocycles. The average molecular weight is 1930 g/mol. The predicted octanol–water partition coefficient (Wildman–Crippen LogP) is 16.5. The van der Waals surface area contributed by atoms with Crippen LogP contribution in [0.15, 0.2) is 211 Å². The summed E-state index contributed by atoms with van der Waals surface area (Å²) < 4.78 is 111. The quantitative estimate of drug-likeness (QED) is 0.0128. The molecule has 13 aromatic rings. The number of amides is 8. The third-order valence-corrected chi connectivity index (χ3v) is 20.6. The van der Waals surface area contributed by atoms with Crippen LogP contribution in [0.1, 0.15) is 96.2 Å². The van der Waals surface area contributed by atoms with Crippen LogP contribution in [0.5, 0.6) is 29.3 Å². The number of hydrogen-bond acceptors (Lipinski definition) is 22. The molecule has 1 atom stereocenters. The van der Waals surface area contributed by atoms with Crippen molar-refractivity contribution in [2.24, 2.45) is 0 Å². The lowest BCUT2D eigenvalue weighted by Crippen LogP contribution is -2.30. The summed E-state index contributed by atoms with van der Waals surface area (Å²) >= 11 is 3.20. The third-order valence-electron chi connectivity index (χ3n) is 20.1. The summed E-state index contributed by atoms with van der Waals surface area (Å²) in [6.07, 6.45) is -2.49. The van der Waals surface area contributed by atoms with Crippen molar-refractivity contribution in [3.63, 3.8) is 0 Å². The van der Waals surface area contributed by atoms with Crippen molar-refractivity contribution in [2.45, 2.75) is 120 Å².